The average Bonchev–Trinajstić information content (AvgIpc) is 3.43. The van der Waals surface area contributed by atoms with Crippen molar-refractivity contribution in [2.75, 3.05) is 0 Å². The number of fused-ring (bicyclic) bond motifs is 3. The lowest BCUT2D eigenvalue weighted by atomic mass is 10.1. The van der Waals surface area contributed by atoms with E-state index in [1.54, 1.807) is 17.2 Å². The van der Waals surface area contributed by atoms with Crippen molar-refractivity contribution in [3.8, 4) is 0 Å². The molecule has 0 saturated carbocycles. The van der Waals surface area contributed by atoms with E-state index in [2.05, 4.69) is 5.32 Å². The summed E-state index contributed by atoms with van der Waals surface area (Å²) in [5.74, 6) is 0.342. The molecule has 31 heavy (non-hydrogen) atoms. The van der Waals surface area contributed by atoms with Crippen LogP contribution >= 0.6 is 0 Å². The van der Waals surface area contributed by atoms with Gasteiger partial charge in [-0.1, -0.05) is 48.0 Å². The summed E-state index contributed by atoms with van der Waals surface area (Å²) in [6, 6.07) is 20.8. The highest BCUT2D eigenvalue weighted by Gasteiger charge is 2.37. The highest BCUT2D eigenvalue weighted by atomic mass is 16.3. The first-order valence-electron chi connectivity index (χ1n) is 10.3. The predicted octanol–water partition coefficient (Wildman–Crippen LogP) is 3.88. The van der Waals surface area contributed by atoms with Gasteiger partial charge < -0.3 is 19.2 Å². The summed E-state index contributed by atoms with van der Waals surface area (Å²) in [6.45, 7) is 3.09. The van der Waals surface area contributed by atoms with E-state index in [9.17, 15) is 9.59 Å². The van der Waals surface area contributed by atoms with Crippen molar-refractivity contribution in [3.63, 3.8) is 0 Å². The van der Waals surface area contributed by atoms with Crippen LogP contribution in [0.4, 0.5) is 0 Å². The second-order valence-corrected chi connectivity index (χ2v) is 7.93. The minimum absolute atomic E-state index is 0.138. The Morgan fingerprint density at radius 3 is 2.68 bits per heavy atom. The molecule has 1 aliphatic rings. The van der Waals surface area contributed by atoms with Gasteiger partial charge in [-0.25, -0.2) is 0 Å². The van der Waals surface area contributed by atoms with Crippen molar-refractivity contribution < 1.29 is 14.0 Å². The molecule has 1 N–H and O–H groups in total. The largest absolute Gasteiger partial charge is 0.467 e. The summed E-state index contributed by atoms with van der Waals surface area (Å²) < 4.78 is 7.29. The Labute approximate surface area is 180 Å². The number of aryl methyl sites for hydroxylation is 1. The number of nitrogens with one attached hydrogen (secondary N) is 1. The van der Waals surface area contributed by atoms with Gasteiger partial charge in [-0.2, -0.15) is 0 Å². The lowest BCUT2D eigenvalue weighted by Gasteiger charge is -2.36. The molecule has 0 unspecified atom stereocenters. The SMILES string of the molecule is Cc1ccc(CN2C(=O)c3cc4ccccc4n3C[C@H]2C(=O)NCc2ccco2)cc1. The van der Waals surface area contributed by atoms with Crippen LogP contribution in [0.25, 0.3) is 10.9 Å². The molecule has 0 bridgehead atoms. The molecule has 0 aliphatic carbocycles. The molecule has 3 heterocycles. The smallest absolute Gasteiger partial charge is 0.271 e. The summed E-state index contributed by atoms with van der Waals surface area (Å²) >= 11 is 0. The van der Waals surface area contributed by atoms with Gasteiger partial charge in [-0.05, 0) is 36.8 Å². The summed E-state index contributed by atoms with van der Waals surface area (Å²) in [5.41, 5.74) is 3.72. The molecule has 6 nitrogen and oxygen atoms in total. The highest BCUT2D eigenvalue weighted by Crippen LogP contribution is 2.28. The quantitative estimate of drug-likeness (QED) is 0.540. The summed E-state index contributed by atoms with van der Waals surface area (Å²) in [4.78, 5) is 28.4. The molecular formula is C25H23N3O3. The molecule has 2 aromatic carbocycles. The Kier molecular flexibility index (Phi) is 4.82. The minimum atomic E-state index is -0.618. The maximum atomic E-state index is 13.5. The molecular weight excluding hydrogens is 390 g/mol. The standard InChI is InChI=1S/C25H23N3O3/c1-17-8-10-18(11-9-17)15-28-23(24(29)26-14-20-6-4-12-31-20)16-27-21-7-3-2-5-19(21)13-22(27)25(28)30/h2-13,23H,14-16H2,1H3,(H,26,29)/t23-/m0/s1. The maximum Gasteiger partial charge on any atom is 0.271 e. The predicted molar refractivity (Wildman–Crippen MR) is 117 cm³/mol. The molecule has 0 saturated heterocycles. The number of benzene rings is 2. The molecule has 0 radical (unpaired) electrons. The number of nitrogens with zero attached hydrogens (tertiary/aromatic N) is 2. The number of hydrogen-bond donors (Lipinski definition) is 1. The van der Waals surface area contributed by atoms with Gasteiger partial charge in [0.25, 0.3) is 5.91 Å². The van der Waals surface area contributed by atoms with Crippen LogP contribution in [0.1, 0.15) is 27.4 Å². The van der Waals surface area contributed by atoms with Gasteiger partial charge in [-0.3, -0.25) is 9.59 Å². The van der Waals surface area contributed by atoms with E-state index < -0.39 is 6.04 Å². The molecule has 0 spiro atoms. The van der Waals surface area contributed by atoms with Crippen molar-refractivity contribution in [1.82, 2.24) is 14.8 Å². The second-order valence-electron chi connectivity index (χ2n) is 7.93. The lowest BCUT2D eigenvalue weighted by Crippen LogP contribution is -2.54. The Morgan fingerprint density at radius 2 is 1.90 bits per heavy atom. The van der Waals surface area contributed by atoms with Gasteiger partial charge in [-0.15, -0.1) is 0 Å². The van der Waals surface area contributed by atoms with Crippen LogP contribution in [-0.4, -0.2) is 27.3 Å². The highest BCUT2D eigenvalue weighted by molar-refractivity contribution is 6.02. The van der Waals surface area contributed by atoms with Gasteiger partial charge >= 0.3 is 0 Å². The molecule has 2 amide bonds. The van der Waals surface area contributed by atoms with Crippen LogP contribution in [0, 0.1) is 6.92 Å². The van der Waals surface area contributed by atoms with Crippen LogP contribution in [-0.2, 0) is 24.4 Å². The molecule has 5 rings (SSSR count). The first kappa shape index (κ1) is 19.2. The number of carbonyl (C=O) groups excluding carboxylic acids is 2. The number of rotatable bonds is 5. The van der Waals surface area contributed by atoms with Crippen molar-refractivity contribution in [3.05, 3.63) is 95.6 Å². The zero-order chi connectivity index (χ0) is 21.4. The number of aromatic nitrogens is 1. The topological polar surface area (TPSA) is 67.5 Å². The molecule has 4 aromatic rings. The van der Waals surface area contributed by atoms with Gasteiger partial charge in [0.1, 0.15) is 17.5 Å². The monoisotopic (exact) mass is 413 g/mol. The second kappa shape index (κ2) is 7.80. The fraction of sp³-hybridized carbons (Fsp3) is 0.200. The van der Waals surface area contributed by atoms with Crippen LogP contribution in [0.15, 0.2) is 77.4 Å². The molecule has 156 valence electrons. The normalized spacial score (nSPS) is 15.8. The third-order valence-corrected chi connectivity index (χ3v) is 5.82. The maximum absolute atomic E-state index is 13.5. The molecule has 0 fully saturated rings. The van der Waals surface area contributed by atoms with Crippen molar-refractivity contribution in [1.29, 1.82) is 0 Å². The fourth-order valence-electron chi connectivity index (χ4n) is 4.15. The Hall–Kier alpha value is -3.80. The first-order valence-corrected chi connectivity index (χ1v) is 10.3. The zero-order valence-corrected chi connectivity index (χ0v) is 17.2. The number of hydrogen-bond acceptors (Lipinski definition) is 3. The van der Waals surface area contributed by atoms with E-state index in [1.807, 2.05) is 72.2 Å². The number of amides is 2. The fourth-order valence-corrected chi connectivity index (χ4v) is 4.15. The molecule has 2 aromatic heterocycles. The van der Waals surface area contributed by atoms with Crippen molar-refractivity contribution >= 4 is 22.7 Å². The lowest BCUT2D eigenvalue weighted by molar-refractivity contribution is -0.127. The van der Waals surface area contributed by atoms with E-state index in [-0.39, 0.29) is 18.4 Å². The van der Waals surface area contributed by atoms with Crippen LogP contribution in [0.5, 0.6) is 0 Å². The van der Waals surface area contributed by atoms with Gasteiger partial charge in [0, 0.05) is 17.4 Å². The number of furan rings is 1. The summed E-state index contributed by atoms with van der Waals surface area (Å²) in [7, 11) is 0. The first-order chi connectivity index (χ1) is 15.1. The van der Waals surface area contributed by atoms with Crippen LogP contribution in [0.3, 0.4) is 0 Å². The van der Waals surface area contributed by atoms with E-state index in [0.29, 0.717) is 24.5 Å². The molecule has 6 heteroatoms. The van der Waals surface area contributed by atoms with E-state index in [0.717, 1.165) is 22.0 Å². The summed E-state index contributed by atoms with van der Waals surface area (Å²) in [6.07, 6.45) is 1.58. The van der Waals surface area contributed by atoms with Gasteiger partial charge in [0.05, 0.1) is 19.4 Å². The van der Waals surface area contributed by atoms with Crippen LogP contribution in [0.2, 0.25) is 0 Å². The Morgan fingerprint density at radius 1 is 1.10 bits per heavy atom. The summed E-state index contributed by atoms with van der Waals surface area (Å²) in [5, 5.41) is 3.93. The third kappa shape index (κ3) is 3.61. The zero-order valence-electron chi connectivity index (χ0n) is 17.2. The van der Waals surface area contributed by atoms with E-state index >= 15 is 0 Å². The van der Waals surface area contributed by atoms with Crippen molar-refractivity contribution in [2.24, 2.45) is 0 Å². The van der Waals surface area contributed by atoms with E-state index in [1.165, 1.54) is 0 Å². The Balaban J connectivity index is 1.49. The number of carbonyl (C=O) groups is 2. The number of para-hydroxylation sites is 1. The van der Waals surface area contributed by atoms with E-state index in [4.69, 9.17) is 4.42 Å². The van der Waals surface area contributed by atoms with Crippen LogP contribution < -0.4 is 5.32 Å². The molecule has 1 aliphatic heterocycles. The Bertz CT molecular complexity index is 1240. The minimum Gasteiger partial charge on any atom is -0.467 e. The third-order valence-electron chi connectivity index (χ3n) is 5.82. The molecule has 1 atom stereocenters. The average molecular weight is 413 g/mol. The van der Waals surface area contributed by atoms with Gasteiger partial charge in [0.15, 0.2) is 0 Å². The van der Waals surface area contributed by atoms with Gasteiger partial charge in [0.2, 0.25) is 5.91 Å². The van der Waals surface area contributed by atoms with Crippen molar-refractivity contribution in [2.45, 2.75) is 32.6 Å².